The van der Waals surface area contributed by atoms with E-state index < -0.39 is 59.3 Å². The van der Waals surface area contributed by atoms with Gasteiger partial charge in [0.25, 0.3) is 17.7 Å². The molecule has 2 atom stereocenters. The molecule has 2 aromatic rings. The van der Waals surface area contributed by atoms with Crippen molar-refractivity contribution in [3.05, 3.63) is 58.4 Å². The first-order chi connectivity index (χ1) is 17.2. The number of alkyl halides is 2. The highest BCUT2D eigenvalue weighted by molar-refractivity contribution is 7.99. The lowest BCUT2D eigenvalue weighted by Crippen LogP contribution is -2.50. The lowest BCUT2D eigenvalue weighted by atomic mass is 10.1. The molecule has 1 unspecified atom stereocenters. The van der Waals surface area contributed by atoms with Crippen molar-refractivity contribution in [1.29, 1.82) is 0 Å². The van der Waals surface area contributed by atoms with Crippen molar-refractivity contribution in [2.24, 2.45) is 0 Å². The smallest absolute Gasteiger partial charge is 0.408 e. The number of nitrogens with one attached hydrogen (secondary N) is 2. The van der Waals surface area contributed by atoms with Gasteiger partial charge in [-0.2, -0.15) is 0 Å². The first kappa shape index (κ1) is 27.1. The highest BCUT2D eigenvalue weighted by atomic mass is 35.5. The van der Waals surface area contributed by atoms with Gasteiger partial charge in [0.2, 0.25) is 0 Å². The molecule has 2 aromatic carbocycles. The average molecular weight is 556 g/mol. The minimum atomic E-state index is -3.02. The van der Waals surface area contributed by atoms with Crippen LogP contribution in [0.25, 0.3) is 0 Å². The van der Waals surface area contributed by atoms with Gasteiger partial charge in [-0.15, -0.1) is 11.8 Å². The summed E-state index contributed by atoms with van der Waals surface area (Å²) in [6.07, 6.45) is -1.30. The van der Waals surface area contributed by atoms with Gasteiger partial charge in [-0.05, 0) is 50.6 Å². The maximum Gasteiger partial charge on any atom is 0.408 e. The summed E-state index contributed by atoms with van der Waals surface area (Å²) in [6.45, 7) is 5.08. The standard InChI is InChI=1S/C25H25ClF3N3O4S/c1-24(2,3)36-23(35)30-17-12-37-19-9-16(27)15(21(33)31-20-10-25(20,28)29)8-18(19)32(22(17)34)11-13-4-6-14(26)7-5-13/h4-9,17,20H,10-12H2,1-3H3,(H,30,35)(H,31,33)/t17-,20?/m0/s1. The minimum Gasteiger partial charge on any atom is -0.444 e. The molecule has 1 heterocycles. The Morgan fingerprint density at radius 2 is 1.84 bits per heavy atom. The second-order valence-corrected chi connectivity index (χ2v) is 11.3. The number of hydrogen-bond acceptors (Lipinski definition) is 5. The number of carbonyl (C=O) groups is 3. The molecule has 12 heteroatoms. The molecular formula is C25H25ClF3N3O4S. The van der Waals surface area contributed by atoms with Crippen LogP contribution >= 0.6 is 23.4 Å². The van der Waals surface area contributed by atoms with E-state index in [-0.39, 0.29) is 18.0 Å². The fourth-order valence-electron chi connectivity index (χ4n) is 3.69. The van der Waals surface area contributed by atoms with Crippen LogP contribution in [0.15, 0.2) is 41.3 Å². The number of halogens is 4. The van der Waals surface area contributed by atoms with Gasteiger partial charge in [0.15, 0.2) is 0 Å². The van der Waals surface area contributed by atoms with Gasteiger partial charge in [-0.1, -0.05) is 23.7 Å². The molecule has 7 nitrogen and oxygen atoms in total. The molecule has 198 valence electrons. The Kier molecular flexibility index (Phi) is 7.40. The minimum absolute atomic E-state index is 0.0173. The predicted octanol–water partition coefficient (Wildman–Crippen LogP) is 5.15. The summed E-state index contributed by atoms with van der Waals surface area (Å²) < 4.78 is 46.9. The number of hydrogen-bond donors (Lipinski definition) is 2. The maximum absolute atomic E-state index is 14.9. The van der Waals surface area contributed by atoms with Crippen LogP contribution in [0, 0.1) is 5.82 Å². The predicted molar refractivity (Wildman–Crippen MR) is 134 cm³/mol. The van der Waals surface area contributed by atoms with Crippen molar-refractivity contribution in [1.82, 2.24) is 10.6 Å². The number of fused-ring (bicyclic) bond motifs is 1. The summed E-state index contributed by atoms with van der Waals surface area (Å²) in [6, 6.07) is 6.59. The molecular weight excluding hydrogens is 531 g/mol. The van der Waals surface area contributed by atoms with E-state index >= 15 is 0 Å². The Hall–Kier alpha value is -2.92. The second kappa shape index (κ2) is 10.1. The van der Waals surface area contributed by atoms with Crippen LogP contribution in [0.1, 0.15) is 43.1 Å². The lowest BCUT2D eigenvalue weighted by Gasteiger charge is -2.27. The van der Waals surface area contributed by atoms with Gasteiger partial charge in [0.1, 0.15) is 17.5 Å². The van der Waals surface area contributed by atoms with Crippen molar-refractivity contribution in [2.45, 2.75) is 62.2 Å². The van der Waals surface area contributed by atoms with E-state index in [9.17, 15) is 27.6 Å². The first-order valence-corrected chi connectivity index (χ1v) is 12.8. The SMILES string of the molecule is CC(C)(C)OC(=O)N[C@H]1CSc2cc(F)c(C(=O)NC3CC3(F)F)cc2N(Cc2ccc(Cl)cc2)C1=O. The van der Waals surface area contributed by atoms with Crippen LogP contribution < -0.4 is 15.5 Å². The number of benzene rings is 2. The van der Waals surface area contributed by atoms with E-state index in [0.29, 0.717) is 15.5 Å². The molecule has 0 spiro atoms. The summed E-state index contributed by atoms with van der Waals surface area (Å²) in [5.74, 6) is -5.38. The van der Waals surface area contributed by atoms with Crippen molar-refractivity contribution >= 4 is 47.0 Å². The van der Waals surface area contributed by atoms with Crippen LogP contribution in [-0.4, -0.2) is 47.3 Å². The van der Waals surface area contributed by atoms with Crippen LogP contribution in [0.3, 0.4) is 0 Å². The van der Waals surface area contributed by atoms with E-state index in [4.69, 9.17) is 16.3 Å². The van der Waals surface area contributed by atoms with Gasteiger partial charge in [-0.3, -0.25) is 9.59 Å². The summed E-state index contributed by atoms with van der Waals surface area (Å²) in [7, 11) is 0. The zero-order chi connectivity index (χ0) is 27.1. The molecule has 0 radical (unpaired) electrons. The number of anilines is 1. The Bertz CT molecular complexity index is 1240. The quantitative estimate of drug-likeness (QED) is 0.533. The molecule has 1 saturated carbocycles. The number of amides is 3. The first-order valence-electron chi connectivity index (χ1n) is 11.4. The molecule has 1 aliphatic carbocycles. The Morgan fingerprint density at radius 1 is 1.19 bits per heavy atom. The molecule has 4 rings (SSSR count). The van der Waals surface area contributed by atoms with E-state index in [2.05, 4.69) is 10.6 Å². The summed E-state index contributed by atoms with van der Waals surface area (Å²) in [4.78, 5) is 40.3. The van der Waals surface area contributed by atoms with E-state index in [0.717, 1.165) is 17.8 Å². The molecule has 2 N–H and O–H groups in total. The Balaban J connectivity index is 1.67. The molecule has 0 bridgehead atoms. The van der Waals surface area contributed by atoms with Gasteiger partial charge >= 0.3 is 6.09 Å². The molecule has 3 amide bonds. The number of rotatable bonds is 5. The van der Waals surface area contributed by atoms with Crippen LogP contribution in [0.5, 0.6) is 0 Å². The Labute approximate surface area is 221 Å². The number of ether oxygens (including phenoxy) is 1. The fraction of sp³-hybridized carbons (Fsp3) is 0.400. The highest BCUT2D eigenvalue weighted by Gasteiger charge is 2.58. The molecule has 1 aliphatic heterocycles. The van der Waals surface area contributed by atoms with Crippen LogP contribution in [0.2, 0.25) is 5.02 Å². The van der Waals surface area contributed by atoms with E-state index in [1.807, 2.05) is 0 Å². The van der Waals surface area contributed by atoms with Gasteiger partial charge in [-0.25, -0.2) is 18.0 Å². The molecule has 0 aromatic heterocycles. The summed E-state index contributed by atoms with van der Waals surface area (Å²) in [5, 5.41) is 5.19. The second-order valence-electron chi connectivity index (χ2n) is 9.85. The number of thioether (sulfide) groups is 1. The third kappa shape index (κ3) is 6.51. The van der Waals surface area contributed by atoms with Crippen LogP contribution in [0.4, 0.5) is 23.7 Å². The number of nitrogens with zero attached hydrogens (tertiary/aromatic N) is 1. The van der Waals surface area contributed by atoms with Gasteiger partial charge in [0.05, 0.1) is 23.8 Å². The van der Waals surface area contributed by atoms with E-state index in [1.54, 1.807) is 45.0 Å². The third-order valence-electron chi connectivity index (χ3n) is 5.63. The van der Waals surface area contributed by atoms with E-state index in [1.165, 1.54) is 11.0 Å². The van der Waals surface area contributed by atoms with Crippen LogP contribution in [-0.2, 0) is 16.1 Å². The van der Waals surface area contributed by atoms with Crippen molar-refractivity contribution in [3.63, 3.8) is 0 Å². The highest BCUT2D eigenvalue weighted by Crippen LogP contribution is 2.42. The molecule has 2 aliphatic rings. The fourth-order valence-corrected chi connectivity index (χ4v) is 4.89. The summed E-state index contributed by atoms with van der Waals surface area (Å²) in [5.41, 5.74) is -0.359. The zero-order valence-electron chi connectivity index (χ0n) is 20.2. The molecule has 1 fully saturated rings. The largest absolute Gasteiger partial charge is 0.444 e. The molecule has 0 saturated heterocycles. The lowest BCUT2D eigenvalue weighted by molar-refractivity contribution is -0.120. The molecule has 37 heavy (non-hydrogen) atoms. The van der Waals surface area contributed by atoms with Gasteiger partial charge in [0, 0.05) is 22.1 Å². The summed E-state index contributed by atoms with van der Waals surface area (Å²) >= 11 is 7.09. The zero-order valence-corrected chi connectivity index (χ0v) is 21.8. The maximum atomic E-state index is 14.9. The van der Waals surface area contributed by atoms with Gasteiger partial charge < -0.3 is 20.3 Å². The average Bonchev–Trinajstić information content (AvgIpc) is 3.42. The number of carbonyl (C=O) groups excluding carboxylic acids is 3. The van der Waals surface area contributed by atoms with Crippen molar-refractivity contribution < 1.29 is 32.3 Å². The number of alkyl carbamates (subject to hydrolysis) is 1. The third-order valence-corrected chi connectivity index (χ3v) is 7.02. The monoisotopic (exact) mass is 555 g/mol. The van der Waals surface area contributed by atoms with Crippen molar-refractivity contribution in [2.75, 3.05) is 10.7 Å². The van der Waals surface area contributed by atoms with Crippen molar-refractivity contribution in [3.8, 4) is 0 Å². The topological polar surface area (TPSA) is 87.7 Å². The Morgan fingerprint density at radius 3 is 2.43 bits per heavy atom. The normalized spacial score (nSPS) is 20.5.